The molecule has 5 heteroatoms. The zero-order chi connectivity index (χ0) is 14.5. The minimum Gasteiger partial charge on any atom is -0.311 e. The smallest absolute Gasteiger partial charge is 0.123 e. The standard InChI is InChI=1S/C15H21FN4/c1-11(2)7-17-8-15-10-20(19-18-15)9-13-6-14(16)5-4-12(13)3/h4-6,10-11,17H,7-9H2,1-3H3. The second-order valence-corrected chi connectivity index (χ2v) is 5.50. The maximum absolute atomic E-state index is 13.2. The summed E-state index contributed by atoms with van der Waals surface area (Å²) in [5.74, 6) is 0.393. The third-order valence-electron chi connectivity index (χ3n) is 3.09. The molecule has 0 aliphatic carbocycles. The van der Waals surface area contributed by atoms with Gasteiger partial charge in [0, 0.05) is 6.54 Å². The van der Waals surface area contributed by atoms with Crippen LogP contribution in [-0.4, -0.2) is 21.5 Å². The van der Waals surface area contributed by atoms with Gasteiger partial charge in [0.05, 0.1) is 18.4 Å². The molecule has 1 aromatic carbocycles. The van der Waals surface area contributed by atoms with Crippen molar-refractivity contribution in [2.24, 2.45) is 5.92 Å². The topological polar surface area (TPSA) is 42.7 Å². The highest BCUT2D eigenvalue weighted by atomic mass is 19.1. The highest BCUT2D eigenvalue weighted by molar-refractivity contribution is 5.26. The van der Waals surface area contributed by atoms with Gasteiger partial charge in [0.2, 0.25) is 0 Å². The summed E-state index contributed by atoms with van der Waals surface area (Å²) in [6.45, 7) is 8.50. The minimum absolute atomic E-state index is 0.218. The van der Waals surface area contributed by atoms with Gasteiger partial charge >= 0.3 is 0 Å². The van der Waals surface area contributed by atoms with Crippen molar-refractivity contribution in [2.45, 2.75) is 33.9 Å². The number of halogens is 1. The first-order valence-corrected chi connectivity index (χ1v) is 6.89. The Morgan fingerprint density at radius 2 is 2.15 bits per heavy atom. The number of nitrogens with one attached hydrogen (secondary N) is 1. The molecule has 1 N–H and O–H groups in total. The van der Waals surface area contributed by atoms with E-state index >= 15 is 0 Å². The SMILES string of the molecule is Cc1ccc(F)cc1Cn1cc(CNCC(C)C)nn1. The Kier molecular flexibility index (Phi) is 4.84. The van der Waals surface area contributed by atoms with Crippen molar-refractivity contribution in [1.29, 1.82) is 0 Å². The van der Waals surface area contributed by atoms with Crippen molar-refractivity contribution in [2.75, 3.05) is 6.54 Å². The number of hydrogen-bond donors (Lipinski definition) is 1. The van der Waals surface area contributed by atoms with Crippen molar-refractivity contribution in [3.8, 4) is 0 Å². The summed E-state index contributed by atoms with van der Waals surface area (Å²) >= 11 is 0. The maximum atomic E-state index is 13.2. The molecule has 0 atom stereocenters. The lowest BCUT2D eigenvalue weighted by molar-refractivity contribution is 0.548. The summed E-state index contributed by atoms with van der Waals surface area (Å²) in [4.78, 5) is 0. The van der Waals surface area contributed by atoms with E-state index in [1.165, 1.54) is 6.07 Å². The van der Waals surface area contributed by atoms with Gasteiger partial charge in [-0.25, -0.2) is 9.07 Å². The van der Waals surface area contributed by atoms with Crippen LogP contribution < -0.4 is 5.32 Å². The van der Waals surface area contributed by atoms with Crippen molar-refractivity contribution in [3.05, 3.63) is 47.0 Å². The molecule has 0 aliphatic rings. The number of nitrogens with zero attached hydrogens (tertiary/aromatic N) is 3. The molecule has 0 fully saturated rings. The highest BCUT2D eigenvalue weighted by Crippen LogP contribution is 2.11. The minimum atomic E-state index is -0.218. The van der Waals surface area contributed by atoms with Gasteiger partial charge in [-0.2, -0.15) is 0 Å². The van der Waals surface area contributed by atoms with E-state index in [-0.39, 0.29) is 5.82 Å². The molecule has 0 spiro atoms. The van der Waals surface area contributed by atoms with E-state index in [2.05, 4.69) is 29.5 Å². The second-order valence-electron chi connectivity index (χ2n) is 5.50. The van der Waals surface area contributed by atoms with Crippen LogP contribution in [0.15, 0.2) is 24.4 Å². The Bertz CT molecular complexity index is 563. The van der Waals surface area contributed by atoms with Gasteiger partial charge in [0.15, 0.2) is 0 Å². The summed E-state index contributed by atoms with van der Waals surface area (Å²) in [6.07, 6.45) is 1.90. The zero-order valence-corrected chi connectivity index (χ0v) is 12.2. The van der Waals surface area contributed by atoms with Crippen LogP contribution in [-0.2, 0) is 13.1 Å². The van der Waals surface area contributed by atoms with Gasteiger partial charge in [-0.15, -0.1) is 5.10 Å². The van der Waals surface area contributed by atoms with Crippen molar-refractivity contribution in [3.63, 3.8) is 0 Å². The Morgan fingerprint density at radius 1 is 1.35 bits per heavy atom. The maximum Gasteiger partial charge on any atom is 0.123 e. The molecule has 0 aliphatic heterocycles. The molecule has 0 bridgehead atoms. The van der Waals surface area contributed by atoms with Gasteiger partial charge in [-0.3, -0.25) is 0 Å². The van der Waals surface area contributed by atoms with Crippen LogP contribution in [0.3, 0.4) is 0 Å². The van der Waals surface area contributed by atoms with Crippen molar-refractivity contribution in [1.82, 2.24) is 20.3 Å². The van der Waals surface area contributed by atoms with E-state index in [0.717, 1.165) is 23.4 Å². The second kappa shape index (κ2) is 6.61. The number of benzene rings is 1. The first-order valence-electron chi connectivity index (χ1n) is 6.89. The van der Waals surface area contributed by atoms with Gasteiger partial charge in [0.1, 0.15) is 5.82 Å². The number of aryl methyl sites for hydroxylation is 1. The fourth-order valence-electron chi connectivity index (χ4n) is 1.97. The van der Waals surface area contributed by atoms with Gasteiger partial charge in [0.25, 0.3) is 0 Å². The molecule has 108 valence electrons. The summed E-state index contributed by atoms with van der Waals surface area (Å²) in [6, 6.07) is 4.81. The van der Waals surface area contributed by atoms with Crippen LogP contribution in [0.5, 0.6) is 0 Å². The largest absolute Gasteiger partial charge is 0.311 e. The lowest BCUT2D eigenvalue weighted by Gasteiger charge is -2.05. The zero-order valence-electron chi connectivity index (χ0n) is 12.2. The Labute approximate surface area is 119 Å². The van der Waals surface area contributed by atoms with E-state index in [4.69, 9.17) is 0 Å². The quantitative estimate of drug-likeness (QED) is 0.881. The first kappa shape index (κ1) is 14.7. The Morgan fingerprint density at radius 3 is 2.90 bits per heavy atom. The average Bonchev–Trinajstić information content (AvgIpc) is 2.81. The van der Waals surface area contributed by atoms with Crippen LogP contribution in [0, 0.1) is 18.7 Å². The molecule has 2 aromatic rings. The van der Waals surface area contributed by atoms with Gasteiger partial charge in [-0.05, 0) is 42.6 Å². The predicted octanol–water partition coefficient (Wildman–Crippen LogP) is 2.52. The molecule has 0 unspecified atom stereocenters. The lowest BCUT2D eigenvalue weighted by Crippen LogP contribution is -2.19. The van der Waals surface area contributed by atoms with Crippen LogP contribution in [0.1, 0.15) is 30.7 Å². The van der Waals surface area contributed by atoms with Crippen molar-refractivity contribution < 1.29 is 4.39 Å². The molecule has 2 rings (SSSR count). The third-order valence-corrected chi connectivity index (χ3v) is 3.09. The predicted molar refractivity (Wildman–Crippen MR) is 76.8 cm³/mol. The fraction of sp³-hybridized carbons (Fsp3) is 0.467. The van der Waals surface area contributed by atoms with Crippen LogP contribution in [0.25, 0.3) is 0 Å². The summed E-state index contributed by atoms with van der Waals surface area (Å²) in [5, 5.41) is 11.5. The molecule has 1 aromatic heterocycles. The lowest BCUT2D eigenvalue weighted by atomic mass is 10.1. The van der Waals surface area contributed by atoms with E-state index in [1.807, 2.05) is 13.1 Å². The normalized spacial score (nSPS) is 11.2. The molecule has 1 heterocycles. The van der Waals surface area contributed by atoms with E-state index in [1.54, 1.807) is 16.8 Å². The summed E-state index contributed by atoms with van der Waals surface area (Å²) in [5.41, 5.74) is 2.89. The monoisotopic (exact) mass is 276 g/mol. The summed E-state index contributed by atoms with van der Waals surface area (Å²) < 4.78 is 15.0. The Balaban J connectivity index is 1.97. The molecule has 0 saturated heterocycles. The number of aromatic nitrogens is 3. The first-order chi connectivity index (χ1) is 9.54. The number of rotatable bonds is 6. The van der Waals surface area contributed by atoms with Crippen LogP contribution in [0.4, 0.5) is 4.39 Å². The van der Waals surface area contributed by atoms with Gasteiger partial charge < -0.3 is 5.32 Å². The fourth-order valence-corrected chi connectivity index (χ4v) is 1.97. The molecule has 0 radical (unpaired) electrons. The third kappa shape index (κ3) is 4.13. The number of hydrogen-bond acceptors (Lipinski definition) is 3. The summed E-state index contributed by atoms with van der Waals surface area (Å²) in [7, 11) is 0. The van der Waals surface area contributed by atoms with Crippen LogP contribution in [0.2, 0.25) is 0 Å². The van der Waals surface area contributed by atoms with E-state index in [0.29, 0.717) is 19.0 Å². The van der Waals surface area contributed by atoms with E-state index in [9.17, 15) is 4.39 Å². The Hall–Kier alpha value is -1.75. The van der Waals surface area contributed by atoms with Crippen LogP contribution >= 0.6 is 0 Å². The molecular formula is C15H21FN4. The molecule has 4 nitrogen and oxygen atoms in total. The highest BCUT2D eigenvalue weighted by Gasteiger charge is 2.05. The molecule has 20 heavy (non-hydrogen) atoms. The average molecular weight is 276 g/mol. The molecule has 0 saturated carbocycles. The van der Waals surface area contributed by atoms with Gasteiger partial charge in [-0.1, -0.05) is 25.1 Å². The van der Waals surface area contributed by atoms with Crippen molar-refractivity contribution >= 4 is 0 Å². The van der Waals surface area contributed by atoms with E-state index < -0.39 is 0 Å². The molecular weight excluding hydrogens is 255 g/mol. The molecule has 0 amide bonds.